The minimum absolute atomic E-state index is 0.518. The van der Waals surface area contributed by atoms with Crippen molar-refractivity contribution in [3.8, 4) is 0 Å². The predicted octanol–water partition coefficient (Wildman–Crippen LogP) is 3.42. The minimum Gasteiger partial charge on any atom is -0.297 e. The number of piperidine rings is 1. The molecule has 2 nitrogen and oxygen atoms in total. The lowest BCUT2D eigenvalue weighted by atomic mass is 9.99. The van der Waals surface area contributed by atoms with E-state index in [1.165, 1.54) is 31.5 Å². The highest BCUT2D eigenvalue weighted by molar-refractivity contribution is 5.97. The maximum Gasteiger partial charge on any atom is 0.0620 e. The fourth-order valence-electron chi connectivity index (χ4n) is 2.32. The molecular formula is C16H24N2. The van der Waals surface area contributed by atoms with Gasteiger partial charge in [0.25, 0.3) is 0 Å². The third-order valence-corrected chi connectivity index (χ3v) is 3.81. The molecule has 2 heterocycles. The van der Waals surface area contributed by atoms with Gasteiger partial charge < -0.3 is 0 Å². The smallest absolute Gasteiger partial charge is 0.0620 e. The molecule has 0 unspecified atom stereocenters. The number of hydrogen-bond donors (Lipinski definition) is 0. The van der Waals surface area contributed by atoms with Crippen LogP contribution >= 0.6 is 0 Å². The van der Waals surface area contributed by atoms with Gasteiger partial charge in [0.05, 0.1) is 5.71 Å². The van der Waals surface area contributed by atoms with Gasteiger partial charge in [-0.15, -0.1) is 5.73 Å². The summed E-state index contributed by atoms with van der Waals surface area (Å²) in [5, 5.41) is 0. The number of likely N-dealkylation sites (tertiary alicyclic amines) is 1. The van der Waals surface area contributed by atoms with Crippen molar-refractivity contribution in [3.05, 3.63) is 29.7 Å². The summed E-state index contributed by atoms with van der Waals surface area (Å²) in [6.07, 6.45) is 8.73. The van der Waals surface area contributed by atoms with Crippen LogP contribution in [0, 0.1) is 11.8 Å². The van der Waals surface area contributed by atoms with Gasteiger partial charge in [0.15, 0.2) is 0 Å². The Morgan fingerprint density at radius 1 is 1.33 bits per heavy atom. The summed E-state index contributed by atoms with van der Waals surface area (Å²) in [6, 6.07) is 0. The number of aliphatic imine (C=N–C) groups is 1. The average Bonchev–Trinajstić information content (AvgIpc) is 2.58. The van der Waals surface area contributed by atoms with Crippen LogP contribution in [0.2, 0.25) is 0 Å². The number of allylic oxidation sites excluding steroid dienone is 1. The van der Waals surface area contributed by atoms with Crippen molar-refractivity contribution in [2.24, 2.45) is 16.8 Å². The van der Waals surface area contributed by atoms with E-state index < -0.39 is 0 Å². The summed E-state index contributed by atoms with van der Waals surface area (Å²) in [7, 11) is 0. The van der Waals surface area contributed by atoms with Crippen molar-refractivity contribution >= 4 is 5.71 Å². The summed E-state index contributed by atoms with van der Waals surface area (Å²) in [5.41, 5.74) is 5.64. The molecule has 1 saturated heterocycles. The lowest BCUT2D eigenvalue weighted by Gasteiger charge is -2.29. The molecular weight excluding hydrogens is 220 g/mol. The molecule has 0 radical (unpaired) electrons. The number of hydrogen-bond acceptors (Lipinski definition) is 2. The van der Waals surface area contributed by atoms with Crippen LogP contribution in [0.25, 0.3) is 0 Å². The van der Waals surface area contributed by atoms with Crippen molar-refractivity contribution in [2.75, 3.05) is 19.6 Å². The van der Waals surface area contributed by atoms with Gasteiger partial charge in [0.2, 0.25) is 0 Å². The highest BCUT2D eigenvalue weighted by Crippen LogP contribution is 2.16. The topological polar surface area (TPSA) is 15.6 Å². The van der Waals surface area contributed by atoms with Crippen molar-refractivity contribution in [1.82, 2.24) is 4.90 Å². The highest BCUT2D eigenvalue weighted by atomic mass is 15.1. The maximum atomic E-state index is 4.60. The molecule has 1 fully saturated rings. The number of nitrogens with zero attached hydrogens (tertiary/aromatic N) is 2. The van der Waals surface area contributed by atoms with E-state index in [0.717, 1.165) is 18.2 Å². The first-order chi connectivity index (χ1) is 8.65. The van der Waals surface area contributed by atoms with Crippen LogP contribution in [0.4, 0.5) is 0 Å². The van der Waals surface area contributed by atoms with Crippen molar-refractivity contribution in [1.29, 1.82) is 0 Å². The predicted molar refractivity (Wildman–Crippen MR) is 77.8 cm³/mol. The summed E-state index contributed by atoms with van der Waals surface area (Å²) in [4.78, 5) is 7.11. The molecule has 2 aliphatic rings. The minimum atomic E-state index is 0.518. The second kappa shape index (κ2) is 6.17. The van der Waals surface area contributed by atoms with Crippen LogP contribution in [0.15, 0.2) is 34.6 Å². The first-order valence-corrected chi connectivity index (χ1v) is 7.06. The molecule has 2 rings (SSSR count). The monoisotopic (exact) mass is 244 g/mol. The molecule has 0 aromatic rings. The second-order valence-corrected chi connectivity index (χ2v) is 5.82. The Kier molecular flexibility index (Phi) is 4.57. The summed E-state index contributed by atoms with van der Waals surface area (Å²) in [5.74, 6) is 1.41. The molecule has 0 spiro atoms. The Hall–Kier alpha value is -1.11. The van der Waals surface area contributed by atoms with Crippen molar-refractivity contribution in [2.45, 2.75) is 33.6 Å². The summed E-state index contributed by atoms with van der Waals surface area (Å²) < 4.78 is 0. The molecule has 2 aliphatic heterocycles. The van der Waals surface area contributed by atoms with E-state index in [1.54, 1.807) is 0 Å². The zero-order chi connectivity index (χ0) is 13.0. The van der Waals surface area contributed by atoms with Gasteiger partial charge in [-0.3, -0.25) is 9.89 Å². The first-order valence-electron chi connectivity index (χ1n) is 7.06. The zero-order valence-electron chi connectivity index (χ0n) is 11.8. The van der Waals surface area contributed by atoms with Crippen molar-refractivity contribution in [3.63, 3.8) is 0 Å². The van der Waals surface area contributed by atoms with Gasteiger partial charge in [0, 0.05) is 18.8 Å². The van der Waals surface area contributed by atoms with Crippen LogP contribution < -0.4 is 0 Å². The lowest BCUT2D eigenvalue weighted by Crippen LogP contribution is -2.36. The molecule has 0 bridgehead atoms. The highest BCUT2D eigenvalue weighted by Gasteiger charge is 2.16. The van der Waals surface area contributed by atoms with E-state index in [-0.39, 0.29) is 0 Å². The standard InChI is InChI=1S/C16H24N2/c1-13(2)15-5-4-6-16(17-11-15)12-18-9-7-14(3)8-10-18/h5-6,11,13-14H,7-10,12H2,1-3H3. The maximum absolute atomic E-state index is 4.60. The van der Waals surface area contributed by atoms with E-state index >= 15 is 0 Å². The van der Waals surface area contributed by atoms with Crippen LogP contribution in [-0.4, -0.2) is 30.2 Å². The van der Waals surface area contributed by atoms with Crippen molar-refractivity contribution < 1.29 is 0 Å². The van der Waals surface area contributed by atoms with Gasteiger partial charge in [-0.2, -0.15) is 0 Å². The molecule has 0 atom stereocenters. The van der Waals surface area contributed by atoms with Crippen LogP contribution in [0.3, 0.4) is 0 Å². The van der Waals surface area contributed by atoms with Crippen LogP contribution in [0.1, 0.15) is 33.6 Å². The van der Waals surface area contributed by atoms with E-state index in [4.69, 9.17) is 0 Å². The quantitative estimate of drug-likeness (QED) is 0.695. The van der Waals surface area contributed by atoms with Gasteiger partial charge >= 0.3 is 0 Å². The van der Waals surface area contributed by atoms with Crippen LogP contribution in [0.5, 0.6) is 0 Å². The summed E-state index contributed by atoms with van der Waals surface area (Å²) in [6.45, 7) is 10.1. The van der Waals surface area contributed by atoms with E-state index in [9.17, 15) is 0 Å². The SMILES string of the molecule is CC1CCN(CC2=NC=C(C(C)C)C=C=C2)CC1. The lowest BCUT2D eigenvalue weighted by molar-refractivity contribution is 0.216. The Morgan fingerprint density at radius 2 is 2.06 bits per heavy atom. The molecule has 0 aliphatic carbocycles. The van der Waals surface area contributed by atoms with Gasteiger partial charge in [-0.25, -0.2) is 0 Å². The van der Waals surface area contributed by atoms with E-state index in [1.807, 2.05) is 12.3 Å². The fraction of sp³-hybridized carbons (Fsp3) is 0.625. The molecule has 0 aromatic carbocycles. The third-order valence-electron chi connectivity index (χ3n) is 3.81. The Balaban J connectivity index is 1.96. The van der Waals surface area contributed by atoms with E-state index in [2.05, 4.69) is 42.5 Å². The normalized spacial score (nSPS) is 22.0. The molecule has 0 N–H and O–H groups in total. The molecule has 0 aromatic heterocycles. The summed E-state index contributed by atoms with van der Waals surface area (Å²) >= 11 is 0. The Morgan fingerprint density at radius 3 is 2.72 bits per heavy atom. The molecule has 2 heteroatoms. The Bertz CT molecular complexity index is 401. The largest absolute Gasteiger partial charge is 0.297 e. The van der Waals surface area contributed by atoms with E-state index in [0.29, 0.717) is 5.92 Å². The molecule has 0 saturated carbocycles. The van der Waals surface area contributed by atoms with Crippen LogP contribution in [-0.2, 0) is 0 Å². The second-order valence-electron chi connectivity index (χ2n) is 5.82. The third kappa shape index (κ3) is 3.69. The first kappa shape index (κ1) is 13.3. The molecule has 18 heavy (non-hydrogen) atoms. The Labute approximate surface area is 111 Å². The van der Waals surface area contributed by atoms with Gasteiger partial charge in [0.1, 0.15) is 0 Å². The fourth-order valence-corrected chi connectivity index (χ4v) is 2.32. The van der Waals surface area contributed by atoms with Gasteiger partial charge in [-0.1, -0.05) is 20.8 Å². The number of rotatable bonds is 3. The molecule has 0 amide bonds. The average molecular weight is 244 g/mol. The zero-order valence-corrected chi connectivity index (χ0v) is 11.8. The molecule has 98 valence electrons. The van der Waals surface area contributed by atoms with Gasteiger partial charge in [-0.05, 0) is 49.4 Å².